The molecule has 6 nitrogen and oxygen atoms in total. The molecule has 24 heavy (non-hydrogen) atoms. The van der Waals surface area contributed by atoms with Crippen molar-refractivity contribution < 1.29 is 4.39 Å². The van der Waals surface area contributed by atoms with Gasteiger partial charge in [-0.2, -0.15) is 9.97 Å². The van der Waals surface area contributed by atoms with E-state index in [9.17, 15) is 4.39 Å². The van der Waals surface area contributed by atoms with E-state index >= 15 is 0 Å². The number of fused-ring (bicyclic) bond motifs is 3. The molecule has 4 rings (SSSR count). The summed E-state index contributed by atoms with van der Waals surface area (Å²) >= 11 is 0. The van der Waals surface area contributed by atoms with Crippen LogP contribution >= 0.6 is 0 Å². The summed E-state index contributed by atoms with van der Waals surface area (Å²) in [6.07, 6.45) is 2.35. The number of halogens is 1. The first-order valence-corrected chi connectivity index (χ1v) is 8.54. The van der Waals surface area contributed by atoms with Gasteiger partial charge in [0.1, 0.15) is 12.0 Å². The summed E-state index contributed by atoms with van der Waals surface area (Å²) in [6.45, 7) is 3.13. The number of hydrogen-bond donors (Lipinski definition) is 2. The Balaban J connectivity index is 1.77. The maximum atomic E-state index is 14.1. The molecule has 1 aliphatic heterocycles. The number of aromatic nitrogens is 3. The lowest BCUT2D eigenvalue weighted by Gasteiger charge is -2.17. The average molecular weight is 330 g/mol. The molecule has 1 fully saturated rings. The fourth-order valence-electron chi connectivity index (χ4n) is 3.95. The topological polar surface area (TPSA) is 66.0 Å². The van der Waals surface area contributed by atoms with Crippen molar-refractivity contribution in [2.75, 3.05) is 37.8 Å². The normalized spacial score (nSPS) is 23.7. The molecule has 2 aliphatic rings. The van der Waals surface area contributed by atoms with E-state index < -0.39 is 6.17 Å². The molecular formula is C17H23FN6. The highest BCUT2D eigenvalue weighted by Gasteiger charge is 2.31. The van der Waals surface area contributed by atoms with Crippen LogP contribution in [0.15, 0.2) is 0 Å². The summed E-state index contributed by atoms with van der Waals surface area (Å²) in [5, 5.41) is 7.34. The molecular weight excluding hydrogens is 307 g/mol. The Bertz CT molecular complexity index is 792. The van der Waals surface area contributed by atoms with Gasteiger partial charge in [-0.1, -0.05) is 0 Å². The number of anilines is 2. The molecule has 2 N–H and O–H groups in total. The molecule has 2 atom stereocenters. The van der Waals surface area contributed by atoms with Crippen molar-refractivity contribution in [1.29, 1.82) is 0 Å². The molecule has 7 heteroatoms. The molecule has 0 aromatic carbocycles. The highest BCUT2D eigenvalue weighted by molar-refractivity contribution is 5.92. The van der Waals surface area contributed by atoms with Crippen LogP contribution in [0.2, 0.25) is 0 Å². The standard InChI is InChI=1S/C17H23FN6/c1-9-10-5-4-6-11(10)14-15(19-2)22-17(23-16(14)20-9)21-13-8-24(3)7-12(13)18/h12-13H,4-8H2,1-3H3,(H2,19,20,21,22,23)/t12-,13+/m1/s1. The van der Waals surface area contributed by atoms with Gasteiger partial charge in [0.05, 0.1) is 11.4 Å². The van der Waals surface area contributed by atoms with Crippen LogP contribution in [0.25, 0.3) is 11.0 Å². The van der Waals surface area contributed by atoms with Crippen LogP contribution in [-0.4, -0.2) is 59.3 Å². The van der Waals surface area contributed by atoms with Crippen LogP contribution < -0.4 is 10.6 Å². The quantitative estimate of drug-likeness (QED) is 0.896. The van der Waals surface area contributed by atoms with Crippen LogP contribution in [0.4, 0.5) is 16.2 Å². The van der Waals surface area contributed by atoms with E-state index in [2.05, 4.69) is 25.6 Å². The Morgan fingerprint density at radius 2 is 1.92 bits per heavy atom. The summed E-state index contributed by atoms with van der Waals surface area (Å²) in [5.41, 5.74) is 4.39. The minimum absolute atomic E-state index is 0.285. The molecule has 1 saturated heterocycles. The third-order valence-electron chi connectivity index (χ3n) is 5.10. The first-order valence-electron chi connectivity index (χ1n) is 8.54. The third kappa shape index (κ3) is 2.47. The number of nitrogens with one attached hydrogen (secondary N) is 2. The van der Waals surface area contributed by atoms with E-state index in [1.165, 1.54) is 11.1 Å². The van der Waals surface area contributed by atoms with Crippen LogP contribution in [0.5, 0.6) is 0 Å². The lowest BCUT2D eigenvalue weighted by atomic mass is 10.1. The number of alkyl halides is 1. The van der Waals surface area contributed by atoms with Crippen LogP contribution in [0.3, 0.4) is 0 Å². The fraction of sp³-hybridized carbons (Fsp3) is 0.588. The minimum Gasteiger partial charge on any atom is -0.372 e. The molecule has 128 valence electrons. The van der Waals surface area contributed by atoms with Crippen molar-refractivity contribution in [2.24, 2.45) is 0 Å². The van der Waals surface area contributed by atoms with E-state index in [1.807, 2.05) is 25.9 Å². The maximum absolute atomic E-state index is 14.1. The van der Waals surface area contributed by atoms with Crippen molar-refractivity contribution in [3.8, 4) is 0 Å². The average Bonchev–Trinajstić information content (AvgIpc) is 3.14. The Hall–Kier alpha value is -2.02. The second-order valence-electron chi connectivity index (χ2n) is 6.84. The molecule has 0 radical (unpaired) electrons. The van der Waals surface area contributed by atoms with E-state index in [1.54, 1.807) is 0 Å². The van der Waals surface area contributed by atoms with Crippen LogP contribution in [0.1, 0.15) is 23.2 Å². The Kier molecular flexibility index (Phi) is 3.75. The van der Waals surface area contributed by atoms with E-state index in [-0.39, 0.29) is 6.04 Å². The van der Waals surface area contributed by atoms with Crippen molar-refractivity contribution >= 4 is 22.8 Å². The predicted molar refractivity (Wildman–Crippen MR) is 93.4 cm³/mol. The van der Waals surface area contributed by atoms with Crippen LogP contribution in [0, 0.1) is 6.92 Å². The molecule has 2 aromatic rings. The van der Waals surface area contributed by atoms with Gasteiger partial charge in [-0.05, 0) is 44.4 Å². The smallest absolute Gasteiger partial charge is 0.227 e. The summed E-state index contributed by atoms with van der Waals surface area (Å²) in [4.78, 5) is 15.8. The van der Waals surface area contributed by atoms with Gasteiger partial charge in [0.15, 0.2) is 5.65 Å². The van der Waals surface area contributed by atoms with Gasteiger partial charge < -0.3 is 15.5 Å². The SMILES string of the molecule is CNc1nc(N[C@H]2CN(C)C[C@H]2F)nc2nc(C)c3c(c12)CCC3. The predicted octanol–water partition coefficient (Wildman–Crippen LogP) is 1.93. The molecule has 1 aliphatic carbocycles. The molecule has 0 unspecified atom stereocenters. The largest absolute Gasteiger partial charge is 0.372 e. The second-order valence-corrected chi connectivity index (χ2v) is 6.84. The second kappa shape index (κ2) is 5.81. The number of likely N-dealkylation sites (N-methyl/N-ethyl adjacent to an activating group) is 1. The van der Waals surface area contributed by atoms with E-state index in [0.29, 0.717) is 24.7 Å². The van der Waals surface area contributed by atoms with Gasteiger partial charge in [0.2, 0.25) is 5.95 Å². The molecule has 0 amide bonds. The molecule has 0 saturated carbocycles. The van der Waals surface area contributed by atoms with Gasteiger partial charge >= 0.3 is 0 Å². The molecule has 0 spiro atoms. The Morgan fingerprint density at radius 3 is 2.62 bits per heavy atom. The van der Waals surface area contributed by atoms with Crippen molar-refractivity contribution in [2.45, 2.75) is 38.4 Å². The van der Waals surface area contributed by atoms with Gasteiger partial charge in [-0.3, -0.25) is 0 Å². The zero-order valence-electron chi connectivity index (χ0n) is 14.4. The summed E-state index contributed by atoms with van der Waals surface area (Å²) in [7, 11) is 3.77. The number of pyridine rings is 1. The summed E-state index contributed by atoms with van der Waals surface area (Å²) in [5.74, 6) is 1.22. The fourth-order valence-corrected chi connectivity index (χ4v) is 3.95. The van der Waals surface area contributed by atoms with E-state index in [4.69, 9.17) is 0 Å². The lowest BCUT2D eigenvalue weighted by molar-refractivity contribution is 0.314. The van der Waals surface area contributed by atoms with Gasteiger partial charge in [-0.15, -0.1) is 0 Å². The zero-order chi connectivity index (χ0) is 16.8. The number of likely N-dealkylation sites (tertiary alicyclic amines) is 1. The summed E-state index contributed by atoms with van der Waals surface area (Å²) < 4.78 is 14.1. The van der Waals surface area contributed by atoms with Crippen molar-refractivity contribution in [3.63, 3.8) is 0 Å². The molecule has 2 aromatic heterocycles. The first-order chi connectivity index (χ1) is 11.6. The van der Waals surface area contributed by atoms with Crippen LogP contribution in [-0.2, 0) is 12.8 Å². The minimum atomic E-state index is -0.915. The molecule has 3 heterocycles. The third-order valence-corrected chi connectivity index (χ3v) is 5.10. The monoisotopic (exact) mass is 330 g/mol. The Labute approximate surface area is 140 Å². The van der Waals surface area contributed by atoms with Gasteiger partial charge in [0, 0.05) is 25.8 Å². The number of hydrogen-bond acceptors (Lipinski definition) is 6. The van der Waals surface area contributed by atoms with E-state index in [0.717, 1.165) is 36.2 Å². The highest BCUT2D eigenvalue weighted by Crippen LogP contribution is 2.34. The van der Waals surface area contributed by atoms with Gasteiger partial charge in [0.25, 0.3) is 0 Å². The maximum Gasteiger partial charge on any atom is 0.227 e. The number of rotatable bonds is 3. The first kappa shape index (κ1) is 15.5. The van der Waals surface area contributed by atoms with Crippen molar-refractivity contribution in [3.05, 3.63) is 16.8 Å². The lowest BCUT2D eigenvalue weighted by Crippen LogP contribution is -2.30. The number of aryl methyl sites for hydroxylation is 2. The van der Waals surface area contributed by atoms with Gasteiger partial charge in [-0.25, -0.2) is 9.37 Å². The molecule has 0 bridgehead atoms. The Morgan fingerprint density at radius 1 is 1.12 bits per heavy atom. The number of nitrogens with zero attached hydrogens (tertiary/aromatic N) is 4. The zero-order valence-corrected chi connectivity index (χ0v) is 14.4. The highest BCUT2D eigenvalue weighted by atomic mass is 19.1. The summed E-state index contributed by atoms with van der Waals surface area (Å²) in [6, 6.07) is -0.285. The van der Waals surface area contributed by atoms with Crippen molar-refractivity contribution in [1.82, 2.24) is 19.9 Å².